The Hall–Kier alpha value is -2.53. The zero-order valence-electron chi connectivity index (χ0n) is 19.5. The molecule has 3 aromatic rings. The maximum absolute atomic E-state index is 13.4. The lowest BCUT2D eigenvalue weighted by atomic mass is 9.76. The van der Waals surface area contributed by atoms with E-state index in [1.165, 1.54) is 17.4 Å². The van der Waals surface area contributed by atoms with Crippen molar-refractivity contribution >= 4 is 34.2 Å². The fourth-order valence-corrected chi connectivity index (χ4v) is 6.31. The van der Waals surface area contributed by atoms with Gasteiger partial charge in [0.15, 0.2) is 9.84 Å². The topological polar surface area (TPSA) is 117 Å². The molecule has 192 valence electrons. The molecule has 1 aliphatic carbocycles. The van der Waals surface area contributed by atoms with Crippen LogP contribution in [0.15, 0.2) is 64.9 Å². The van der Waals surface area contributed by atoms with Gasteiger partial charge in [-0.05, 0) is 43.4 Å². The van der Waals surface area contributed by atoms with Gasteiger partial charge in [0.2, 0.25) is 5.91 Å². The van der Waals surface area contributed by atoms with Gasteiger partial charge in [-0.1, -0.05) is 62.7 Å². The number of rotatable bonds is 11. The van der Waals surface area contributed by atoms with Crippen LogP contribution in [0.2, 0.25) is 0 Å². The minimum Gasteiger partial charge on any atom is -0.426 e. The Bertz CT molecular complexity index is 1260. The number of carbonyl (C=O) groups excluding carboxylic acids is 1. The first kappa shape index (κ1) is 28.1. The number of nitrogens with zero attached hydrogens (tertiary/aromatic N) is 1. The standard InChI is InChI=1S/C25H29BN2O5S2.CH4/c1-17-27-23(15-34-17)20-8-5-9-22(14-20)35(32,33)16-21(12-18-6-3-2-4-7-18)25(29)28-24(26(30)31)13-19-10-11-19;/h2-9,14-15,19,21,24,30-31H,10-13,16H2,1H3,(H,28,29);1H4/t21-,24+;/m1./s1. The molecule has 7 nitrogen and oxygen atoms in total. The quantitative estimate of drug-likeness (QED) is 0.327. The number of aryl methyl sites for hydroxylation is 1. The second-order valence-corrected chi connectivity index (χ2v) is 12.3. The van der Waals surface area contributed by atoms with Crippen molar-refractivity contribution in [1.82, 2.24) is 10.3 Å². The fourth-order valence-electron chi connectivity index (χ4n) is 4.10. The van der Waals surface area contributed by atoms with Gasteiger partial charge in [0.1, 0.15) is 0 Å². The molecule has 2 aromatic carbocycles. The molecule has 1 amide bonds. The monoisotopic (exact) mass is 528 g/mol. The minimum absolute atomic E-state index is 0. The van der Waals surface area contributed by atoms with Crippen molar-refractivity contribution in [3.05, 3.63) is 70.5 Å². The van der Waals surface area contributed by atoms with Crippen LogP contribution in [-0.2, 0) is 21.1 Å². The van der Waals surface area contributed by atoms with Crippen LogP contribution < -0.4 is 5.32 Å². The molecule has 3 N–H and O–H groups in total. The molecular weight excluding hydrogens is 495 g/mol. The summed E-state index contributed by atoms with van der Waals surface area (Å²) in [6.07, 6.45) is 2.67. The minimum atomic E-state index is -3.83. The van der Waals surface area contributed by atoms with E-state index in [1.54, 1.807) is 12.1 Å². The van der Waals surface area contributed by atoms with Gasteiger partial charge >= 0.3 is 7.12 Å². The lowest BCUT2D eigenvalue weighted by molar-refractivity contribution is -0.124. The Labute approximate surface area is 217 Å². The zero-order chi connectivity index (χ0) is 25.0. The van der Waals surface area contributed by atoms with Gasteiger partial charge in [0, 0.05) is 10.9 Å². The van der Waals surface area contributed by atoms with Gasteiger partial charge in [-0.15, -0.1) is 11.3 Å². The second-order valence-electron chi connectivity index (χ2n) is 9.16. The zero-order valence-corrected chi connectivity index (χ0v) is 21.1. The molecule has 0 spiro atoms. The average molecular weight is 529 g/mol. The molecule has 1 saturated carbocycles. The molecule has 0 bridgehead atoms. The van der Waals surface area contributed by atoms with E-state index in [4.69, 9.17) is 0 Å². The molecule has 10 heteroatoms. The Morgan fingerprint density at radius 1 is 1.17 bits per heavy atom. The van der Waals surface area contributed by atoms with E-state index < -0.39 is 40.5 Å². The summed E-state index contributed by atoms with van der Waals surface area (Å²) < 4.78 is 26.9. The smallest absolute Gasteiger partial charge is 0.426 e. The Morgan fingerprint density at radius 3 is 2.50 bits per heavy atom. The van der Waals surface area contributed by atoms with Crippen molar-refractivity contribution in [3.63, 3.8) is 0 Å². The van der Waals surface area contributed by atoms with E-state index in [0.717, 1.165) is 23.4 Å². The van der Waals surface area contributed by atoms with Gasteiger partial charge < -0.3 is 15.4 Å². The summed E-state index contributed by atoms with van der Waals surface area (Å²) in [4.78, 5) is 17.8. The number of hydrogen-bond acceptors (Lipinski definition) is 7. The van der Waals surface area contributed by atoms with Crippen LogP contribution in [0.25, 0.3) is 11.3 Å². The predicted octanol–water partition coefficient (Wildman–Crippen LogP) is 3.68. The van der Waals surface area contributed by atoms with Crippen molar-refractivity contribution < 1.29 is 23.3 Å². The van der Waals surface area contributed by atoms with Crippen LogP contribution >= 0.6 is 11.3 Å². The summed E-state index contributed by atoms with van der Waals surface area (Å²) in [6.45, 7) is 1.89. The molecule has 0 aliphatic heterocycles. The molecule has 1 heterocycles. The second kappa shape index (κ2) is 12.1. The number of benzene rings is 2. The van der Waals surface area contributed by atoms with Crippen LogP contribution in [0.3, 0.4) is 0 Å². The van der Waals surface area contributed by atoms with Gasteiger partial charge in [-0.25, -0.2) is 13.4 Å². The summed E-state index contributed by atoms with van der Waals surface area (Å²) in [5.74, 6) is -2.26. The molecule has 0 unspecified atom stereocenters. The van der Waals surface area contributed by atoms with Crippen molar-refractivity contribution in [3.8, 4) is 11.3 Å². The van der Waals surface area contributed by atoms with E-state index in [-0.39, 0.29) is 18.7 Å². The van der Waals surface area contributed by atoms with Crippen LogP contribution in [0.5, 0.6) is 0 Å². The van der Waals surface area contributed by atoms with E-state index in [0.29, 0.717) is 23.6 Å². The highest BCUT2D eigenvalue weighted by molar-refractivity contribution is 7.91. The third-order valence-corrected chi connectivity index (χ3v) is 8.78. The van der Waals surface area contributed by atoms with E-state index in [1.807, 2.05) is 48.7 Å². The summed E-state index contributed by atoms with van der Waals surface area (Å²) in [6, 6.07) is 15.8. The van der Waals surface area contributed by atoms with Gasteiger partial charge in [0.25, 0.3) is 0 Å². The molecule has 4 rings (SSSR count). The number of hydrogen-bond donors (Lipinski definition) is 3. The highest BCUT2D eigenvalue weighted by atomic mass is 32.2. The number of aromatic nitrogens is 1. The largest absolute Gasteiger partial charge is 0.475 e. The number of carbonyl (C=O) groups is 1. The Morgan fingerprint density at radius 2 is 1.89 bits per heavy atom. The van der Waals surface area contributed by atoms with Crippen molar-refractivity contribution in [2.24, 2.45) is 11.8 Å². The average Bonchev–Trinajstić information content (AvgIpc) is 3.55. The third-order valence-electron chi connectivity index (χ3n) is 6.20. The molecule has 1 fully saturated rings. The molecule has 0 saturated heterocycles. The van der Waals surface area contributed by atoms with Gasteiger partial charge in [-0.3, -0.25) is 4.79 Å². The van der Waals surface area contributed by atoms with Crippen LogP contribution in [0.4, 0.5) is 0 Å². The van der Waals surface area contributed by atoms with Crippen LogP contribution in [0.1, 0.15) is 37.3 Å². The normalized spacial score (nSPS) is 15.0. The first-order valence-electron chi connectivity index (χ1n) is 11.7. The maximum atomic E-state index is 13.4. The lowest BCUT2D eigenvalue weighted by Crippen LogP contribution is -2.50. The van der Waals surface area contributed by atoms with Gasteiger partial charge in [-0.2, -0.15) is 0 Å². The molecule has 2 atom stereocenters. The highest BCUT2D eigenvalue weighted by Gasteiger charge is 2.35. The molecule has 36 heavy (non-hydrogen) atoms. The Kier molecular flexibility index (Phi) is 9.46. The molecular formula is C26H33BN2O5S2. The predicted molar refractivity (Wildman–Crippen MR) is 144 cm³/mol. The number of thiazole rings is 1. The first-order valence-corrected chi connectivity index (χ1v) is 14.2. The van der Waals surface area contributed by atoms with E-state index >= 15 is 0 Å². The number of sulfone groups is 1. The fraction of sp³-hybridized carbons (Fsp3) is 0.385. The summed E-state index contributed by atoms with van der Waals surface area (Å²) in [7, 11) is -5.53. The molecule has 1 aliphatic rings. The van der Waals surface area contributed by atoms with Crippen LogP contribution in [-0.4, -0.2) is 48.2 Å². The number of nitrogens with one attached hydrogen (secondary N) is 1. The first-order chi connectivity index (χ1) is 16.7. The number of amides is 1. The highest BCUT2D eigenvalue weighted by Crippen LogP contribution is 2.34. The molecule has 1 aromatic heterocycles. The lowest BCUT2D eigenvalue weighted by Gasteiger charge is -2.22. The SMILES string of the molecule is C.Cc1nc(-c2cccc(S(=O)(=O)C[C@@H](Cc3ccccc3)C(=O)N[C@@H](CC3CC3)B(O)O)c2)cs1. The molecule has 0 radical (unpaired) electrons. The van der Waals surface area contributed by atoms with E-state index in [9.17, 15) is 23.3 Å². The maximum Gasteiger partial charge on any atom is 0.475 e. The summed E-state index contributed by atoms with van der Waals surface area (Å²) >= 11 is 1.49. The van der Waals surface area contributed by atoms with Crippen molar-refractivity contribution in [2.45, 2.75) is 50.9 Å². The van der Waals surface area contributed by atoms with Gasteiger partial charge in [0.05, 0.1) is 33.2 Å². The third kappa shape index (κ3) is 7.49. The van der Waals surface area contributed by atoms with E-state index in [2.05, 4.69) is 10.3 Å². The van der Waals surface area contributed by atoms with Crippen molar-refractivity contribution in [2.75, 3.05) is 5.75 Å². The summed E-state index contributed by atoms with van der Waals surface area (Å²) in [5.41, 5.74) is 2.24. The van der Waals surface area contributed by atoms with Crippen molar-refractivity contribution in [1.29, 1.82) is 0 Å². The van der Waals surface area contributed by atoms with Crippen LogP contribution in [0, 0.1) is 18.8 Å². The summed E-state index contributed by atoms with van der Waals surface area (Å²) in [5, 5.41) is 25.0. The Balaban J connectivity index is 0.00000361.